The molecule has 1 fully saturated rings. The number of nitrogens with zero attached hydrogens (tertiary/aromatic N) is 4. The molecule has 0 aliphatic carbocycles. The number of carbonyl (C=O) groups is 2. The molecule has 1 atom stereocenters. The number of carboxylic acid groups (broad SMARTS) is 1. The molecule has 26 heavy (non-hydrogen) atoms. The van der Waals surface area contributed by atoms with Gasteiger partial charge in [0, 0.05) is 18.1 Å². The summed E-state index contributed by atoms with van der Waals surface area (Å²) in [5.74, 6) is -1.64. The summed E-state index contributed by atoms with van der Waals surface area (Å²) >= 11 is 6.05. The van der Waals surface area contributed by atoms with E-state index >= 15 is 0 Å². The zero-order valence-electron chi connectivity index (χ0n) is 14.3. The lowest BCUT2D eigenvalue weighted by Crippen LogP contribution is -2.31. The summed E-state index contributed by atoms with van der Waals surface area (Å²) in [6.45, 7) is 2.65. The van der Waals surface area contributed by atoms with Crippen molar-refractivity contribution in [3.63, 3.8) is 0 Å². The fraction of sp³-hybridized carbons (Fsp3) is 0.412. The van der Waals surface area contributed by atoms with Crippen molar-refractivity contribution in [1.82, 2.24) is 19.9 Å². The Morgan fingerprint density at radius 2 is 2.15 bits per heavy atom. The first-order valence-corrected chi connectivity index (χ1v) is 8.61. The zero-order chi connectivity index (χ0) is 18.0. The molecule has 3 rings (SSSR count). The van der Waals surface area contributed by atoms with E-state index in [2.05, 4.69) is 10.3 Å². The van der Waals surface area contributed by atoms with Gasteiger partial charge in [-0.2, -0.15) is 0 Å². The number of hydrogen-bond acceptors (Lipinski definition) is 4. The second kappa shape index (κ2) is 8.51. The minimum absolute atomic E-state index is 0. The summed E-state index contributed by atoms with van der Waals surface area (Å²) in [5.41, 5.74) is 1.74. The predicted molar refractivity (Wildman–Crippen MR) is 99.3 cm³/mol. The number of hydrogen-bond donors (Lipinski definition) is 1. The van der Waals surface area contributed by atoms with Crippen LogP contribution in [0.3, 0.4) is 0 Å². The van der Waals surface area contributed by atoms with Gasteiger partial charge in [-0.05, 0) is 31.0 Å². The predicted octanol–water partition coefficient (Wildman–Crippen LogP) is 2.84. The molecular weight excluding hydrogens is 379 g/mol. The van der Waals surface area contributed by atoms with E-state index in [1.54, 1.807) is 21.7 Å². The van der Waals surface area contributed by atoms with E-state index in [9.17, 15) is 9.59 Å². The lowest BCUT2D eigenvalue weighted by molar-refractivity contribution is -0.141. The van der Waals surface area contributed by atoms with Gasteiger partial charge < -0.3 is 10.0 Å². The Kier molecular flexibility index (Phi) is 6.61. The van der Waals surface area contributed by atoms with Crippen LogP contribution in [0.2, 0.25) is 5.02 Å². The van der Waals surface area contributed by atoms with E-state index in [0.29, 0.717) is 30.1 Å². The molecule has 2 aromatic rings. The molecular formula is C17H20Cl2N4O3. The van der Waals surface area contributed by atoms with Crippen molar-refractivity contribution in [3.05, 3.63) is 40.7 Å². The van der Waals surface area contributed by atoms with Gasteiger partial charge in [0.1, 0.15) is 0 Å². The normalized spacial score (nSPS) is 16.4. The lowest BCUT2D eigenvalue weighted by Gasteiger charge is -2.15. The molecule has 1 aliphatic heterocycles. The minimum atomic E-state index is -0.869. The summed E-state index contributed by atoms with van der Waals surface area (Å²) in [7, 11) is 0. The molecule has 2 heterocycles. The molecule has 0 bridgehead atoms. The van der Waals surface area contributed by atoms with Gasteiger partial charge in [-0.25, -0.2) is 4.68 Å². The first kappa shape index (κ1) is 20.2. The average molecular weight is 399 g/mol. The van der Waals surface area contributed by atoms with Gasteiger partial charge in [-0.15, -0.1) is 17.5 Å². The number of aliphatic carboxylic acids is 1. The first-order chi connectivity index (χ1) is 12.0. The molecule has 1 aromatic heterocycles. The van der Waals surface area contributed by atoms with Crippen molar-refractivity contribution >= 4 is 35.9 Å². The second-order valence-corrected chi connectivity index (χ2v) is 6.54. The van der Waals surface area contributed by atoms with Crippen LogP contribution in [-0.4, -0.2) is 50.0 Å². The SMILES string of the molecule is CCCc1c(C(=O)N2CCC(C(=O)O)C2)nnn1-c1cccc(Cl)c1.Cl. The van der Waals surface area contributed by atoms with Gasteiger partial charge in [-0.1, -0.05) is 36.2 Å². The third-order valence-electron chi connectivity index (χ3n) is 4.33. The Hall–Kier alpha value is -2.12. The maximum atomic E-state index is 12.8. The lowest BCUT2D eigenvalue weighted by atomic mass is 10.1. The molecule has 1 amide bonds. The summed E-state index contributed by atoms with van der Waals surface area (Å²) in [6, 6.07) is 7.20. The highest BCUT2D eigenvalue weighted by molar-refractivity contribution is 6.30. The van der Waals surface area contributed by atoms with Crippen LogP contribution in [0.25, 0.3) is 5.69 Å². The highest BCUT2D eigenvalue weighted by Gasteiger charge is 2.33. The molecule has 0 radical (unpaired) electrons. The minimum Gasteiger partial charge on any atom is -0.481 e. The van der Waals surface area contributed by atoms with E-state index in [4.69, 9.17) is 16.7 Å². The Balaban J connectivity index is 0.00000243. The summed E-state index contributed by atoms with van der Waals surface area (Å²) in [6.07, 6.45) is 1.93. The van der Waals surface area contributed by atoms with E-state index in [1.165, 1.54) is 0 Å². The van der Waals surface area contributed by atoms with E-state index in [0.717, 1.165) is 12.1 Å². The molecule has 9 heteroatoms. The number of likely N-dealkylation sites (tertiary alicyclic amines) is 1. The fourth-order valence-electron chi connectivity index (χ4n) is 3.04. The highest BCUT2D eigenvalue weighted by Crippen LogP contribution is 2.22. The third kappa shape index (κ3) is 3.99. The Morgan fingerprint density at radius 1 is 1.38 bits per heavy atom. The molecule has 0 saturated carbocycles. The number of aromatic nitrogens is 3. The second-order valence-electron chi connectivity index (χ2n) is 6.10. The summed E-state index contributed by atoms with van der Waals surface area (Å²) in [4.78, 5) is 25.5. The molecule has 0 spiro atoms. The fourth-order valence-corrected chi connectivity index (χ4v) is 3.22. The van der Waals surface area contributed by atoms with Crippen LogP contribution in [0.5, 0.6) is 0 Å². The van der Waals surface area contributed by atoms with Crippen LogP contribution < -0.4 is 0 Å². The van der Waals surface area contributed by atoms with Crippen molar-refractivity contribution < 1.29 is 14.7 Å². The zero-order valence-corrected chi connectivity index (χ0v) is 15.8. The van der Waals surface area contributed by atoms with Gasteiger partial charge in [0.2, 0.25) is 0 Å². The largest absolute Gasteiger partial charge is 0.481 e. The molecule has 1 aromatic carbocycles. The van der Waals surface area contributed by atoms with Gasteiger partial charge in [0.05, 0.1) is 17.3 Å². The summed E-state index contributed by atoms with van der Waals surface area (Å²) in [5, 5.41) is 17.9. The Bertz CT molecular complexity index is 809. The summed E-state index contributed by atoms with van der Waals surface area (Å²) < 4.78 is 1.63. The van der Waals surface area contributed by atoms with Crippen LogP contribution in [-0.2, 0) is 11.2 Å². The van der Waals surface area contributed by atoms with Gasteiger partial charge in [-0.3, -0.25) is 9.59 Å². The van der Waals surface area contributed by atoms with E-state index in [-0.39, 0.29) is 30.6 Å². The first-order valence-electron chi connectivity index (χ1n) is 8.23. The van der Waals surface area contributed by atoms with E-state index < -0.39 is 11.9 Å². The van der Waals surface area contributed by atoms with Gasteiger partial charge in [0.15, 0.2) is 5.69 Å². The van der Waals surface area contributed by atoms with Gasteiger partial charge in [0.25, 0.3) is 5.91 Å². The Labute approximate surface area is 162 Å². The molecule has 140 valence electrons. The van der Waals surface area contributed by atoms with Crippen LogP contribution in [0.4, 0.5) is 0 Å². The number of benzene rings is 1. The topological polar surface area (TPSA) is 88.3 Å². The molecule has 1 aliphatic rings. The van der Waals surface area contributed by atoms with Crippen LogP contribution in [0.1, 0.15) is 35.9 Å². The maximum Gasteiger partial charge on any atom is 0.308 e. The average Bonchev–Trinajstić information content (AvgIpc) is 3.22. The van der Waals surface area contributed by atoms with Crippen LogP contribution in [0.15, 0.2) is 24.3 Å². The standard InChI is InChI=1S/C17H19ClN4O3.ClH/c1-2-4-14-15(16(23)21-8-7-11(10-21)17(24)25)19-20-22(14)13-6-3-5-12(18)9-13;/h3,5-6,9,11H,2,4,7-8,10H2,1H3,(H,24,25);1H. The molecule has 1 N–H and O–H groups in total. The van der Waals surface area contributed by atoms with E-state index in [1.807, 2.05) is 19.1 Å². The number of rotatable bonds is 5. The van der Waals surface area contributed by atoms with Crippen molar-refractivity contribution in [3.8, 4) is 5.69 Å². The molecule has 1 unspecified atom stereocenters. The van der Waals surface area contributed by atoms with Gasteiger partial charge >= 0.3 is 5.97 Å². The highest BCUT2D eigenvalue weighted by atomic mass is 35.5. The number of amides is 1. The Morgan fingerprint density at radius 3 is 2.77 bits per heavy atom. The monoisotopic (exact) mass is 398 g/mol. The van der Waals surface area contributed by atoms with Crippen LogP contribution in [0, 0.1) is 5.92 Å². The smallest absolute Gasteiger partial charge is 0.308 e. The van der Waals surface area contributed by atoms with Crippen molar-refractivity contribution in [1.29, 1.82) is 0 Å². The number of halogens is 2. The third-order valence-corrected chi connectivity index (χ3v) is 4.57. The molecule has 1 saturated heterocycles. The molecule has 7 nitrogen and oxygen atoms in total. The van der Waals surface area contributed by atoms with Crippen molar-refractivity contribution in [2.75, 3.05) is 13.1 Å². The van der Waals surface area contributed by atoms with Crippen molar-refractivity contribution in [2.24, 2.45) is 5.92 Å². The maximum absolute atomic E-state index is 12.8. The van der Waals surface area contributed by atoms with Crippen LogP contribution >= 0.6 is 24.0 Å². The number of carboxylic acids is 1. The number of carbonyl (C=O) groups excluding carboxylic acids is 1. The quantitative estimate of drug-likeness (QED) is 0.836. The van der Waals surface area contributed by atoms with Crippen molar-refractivity contribution in [2.45, 2.75) is 26.2 Å².